The van der Waals surface area contributed by atoms with E-state index in [1.165, 1.54) is 0 Å². The van der Waals surface area contributed by atoms with E-state index in [9.17, 15) is 0 Å². The monoisotopic (exact) mass is 247 g/mol. The van der Waals surface area contributed by atoms with Crippen molar-refractivity contribution in [3.05, 3.63) is 28.7 Å². The topological polar surface area (TPSA) is 3.24 Å². The van der Waals surface area contributed by atoms with Gasteiger partial charge in [0.2, 0.25) is 0 Å². The van der Waals surface area contributed by atoms with E-state index in [0.717, 1.165) is 10.2 Å². The third-order valence-electron chi connectivity index (χ3n) is 1.76. The molecule has 1 aromatic carbocycles. The molecule has 0 saturated heterocycles. The van der Waals surface area contributed by atoms with Crippen LogP contribution in [0, 0.1) is 24.7 Å². The van der Waals surface area contributed by atoms with Crippen LogP contribution in [0.15, 0.2) is 28.7 Å². The Balaban J connectivity index is 2.84. The molecule has 2 heteroatoms. The summed E-state index contributed by atoms with van der Waals surface area (Å²) < 4.78 is 1.04. The fourth-order valence-corrected chi connectivity index (χ4v) is 1.38. The number of benzene rings is 1. The standard InChI is InChI=1S/C12H10BrN/c1-3-9-14(10-4-2)12-7-5-11(13)6-8-12/h1-2,5-8H,9-10H2. The number of hydrogen-bond acceptors (Lipinski definition) is 1. The number of anilines is 1. The van der Waals surface area contributed by atoms with Crippen LogP contribution in [0.3, 0.4) is 0 Å². The third-order valence-corrected chi connectivity index (χ3v) is 2.28. The average Bonchev–Trinajstić information content (AvgIpc) is 2.19. The van der Waals surface area contributed by atoms with Crippen molar-refractivity contribution in [1.29, 1.82) is 0 Å². The normalized spacial score (nSPS) is 8.79. The second kappa shape index (κ2) is 5.37. The molecule has 1 nitrogen and oxygen atoms in total. The Morgan fingerprint density at radius 1 is 1.07 bits per heavy atom. The number of halogens is 1. The molecule has 14 heavy (non-hydrogen) atoms. The van der Waals surface area contributed by atoms with Gasteiger partial charge in [0.25, 0.3) is 0 Å². The molecule has 0 aliphatic carbocycles. The first-order valence-electron chi connectivity index (χ1n) is 4.15. The molecule has 1 rings (SSSR count). The summed E-state index contributed by atoms with van der Waals surface area (Å²) in [5.41, 5.74) is 1.05. The van der Waals surface area contributed by atoms with Crippen LogP contribution in [0.4, 0.5) is 5.69 Å². The van der Waals surface area contributed by atoms with E-state index in [0.29, 0.717) is 13.1 Å². The van der Waals surface area contributed by atoms with Gasteiger partial charge in [-0.2, -0.15) is 0 Å². The van der Waals surface area contributed by atoms with Gasteiger partial charge < -0.3 is 4.90 Å². The van der Waals surface area contributed by atoms with E-state index in [1.807, 2.05) is 29.2 Å². The zero-order chi connectivity index (χ0) is 10.4. The molecule has 0 spiro atoms. The summed E-state index contributed by atoms with van der Waals surface area (Å²) in [6, 6.07) is 7.91. The molecule has 70 valence electrons. The van der Waals surface area contributed by atoms with Gasteiger partial charge in [-0.15, -0.1) is 12.8 Å². The molecule has 0 bridgehead atoms. The lowest BCUT2D eigenvalue weighted by Crippen LogP contribution is -2.23. The van der Waals surface area contributed by atoms with E-state index in [4.69, 9.17) is 12.8 Å². The second-order valence-corrected chi connectivity index (χ2v) is 3.66. The lowest BCUT2D eigenvalue weighted by atomic mass is 10.3. The quantitative estimate of drug-likeness (QED) is 0.743. The highest BCUT2D eigenvalue weighted by atomic mass is 79.9. The van der Waals surface area contributed by atoms with Gasteiger partial charge >= 0.3 is 0 Å². The molecule has 0 atom stereocenters. The fourth-order valence-electron chi connectivity index (χ4n) is 1.11. The van der Waals surface area contributed by atoms with Crippen molar-refractivity contribution >= 4 is 21.6 Å². The van der Waals surface area contributed by atoms with Crippen molar-refractivity contribution in [1.82, 2.24) is 0 Å². The SMILES string of the molecule is C#CCN(CC#C)c1ccc(Br)cc1. The predicted molar refractivity (Wildman–Crippen MR) is 64.0 cm³/mol. The fraction of sp³-hybridized carbons (Fsp3) is 0.167. The maximum atomic E-state index is 5.26. The average molecular weight is 248 g/mol. The smallest absolute Gasteiger partial charge is 0.0801 e. The van der Waals surface area contributed by atoms with E-state index >= 15 is 0 Å². The van der Waals surface area contributed by atoms with Gasteiger partial charge in [0.1, 0.15) is 0 Å². The Kier molecular flexibility index (Phi) is 4.11. The van der Waals surface area contributed by atoms with Crippen molar-refractivity contribution in [2.45, 2.75) is 0 Å². The molecule has 0 aromatic heterocycles. The highest BCUT2D eigenvalue weighted by Gasteiger charge is 2.01. The minimum Gasteiger partial charge on any atom is -0.349 e. The number of hydrogen-bond donors (Lipinski definition) is 0. The summed E-state index contributed by atoms with van der Waals surface area (Å²) in [4.78, 5) is 1.96. The summed E-state index contributed by atoms with van der Waals surface area (Å²) in [5, 5.41) is 0. The molecule has 0 fully saturated rings. The third kappa shape index (κ3) is 2.83. The largest absolute Gasteiger partial charge is 0.349 e. The summed E-state index contributed by atoms with van der Waals surface area (Å²) in [7, 11) is 0. The summed E-state index contributed by atoms with van der Waals surface area (Å²) in [5.74, 6) is 5.17. The molecule has 1 aromatic rings. The van der Waals surface area contributed by atoms with Crippen LogP contribution in [0.1, 0.15) is 0 Å². The highest BCUT2D eigenvalue weighted by Crippen LogP contribution is 2.17. The molecule has 0 heterocycles. The Bertz CT molecular complexity index is 351. The Morgan fingerprint density at radius 3 is 2.00 bits per heavy atom. The lowest BCUT2D eigenvalue weighted by Gasteiger charge is -2.19. The molecular formula is C12H10BrN. The van der Waals surface area contributed by atoms with Crippen LogP contribution < -0.4 is 4.90 Å². The van der Waals surface area contributed by atoms with Gasteiger partial charge in [-0.1, -0.05) is 27.8 Å². The van der Waals surface area contributed by atoms with Gasteiger partial charge in [0, 0.05) is 10.2 Å². The molecule has 0 unspecified atom stereocenters. The van der Waals surface area contributed by atoms with Crippen LogP contribution in [0.2, 0.25) is 0 Å². The van der Waals surface area contributed by atoms with Crippen molar-refractivity contribution < 1.29 is 0 Å². The second-order valence-electron chi connectivity index (χ2n) is 2.74. The minimum atomic E-state index is 0.534. The molecule has 0 saturated carbocycles. The molecule has 0 N–H and O–H groups in total. The summed E-state index contributed by atoms with van der Waals surface area (Å²) in [6.45, 7) is 1.07. The number of nitrogens with zero attached hydrogens (tertiary/aromatic N) is 1. The van der Waals surface area contributed by atoms with Gasteiger partial charge in [-0.25, -0.2) is 0 Å². The maximum Gasteiger partial charge on any atom is 0.0801 e. The van der Waals surface area contributed by atoms with Crippen LogP contribution >= 0.6 is 15.9 Å². The number of rotatable bonds is 3. The number of terminal acetylenes is 2. The van der Waals surface area contributed by atoms with Crippen LogP contribution in [0.25, 0.3) is 0 Å². The van der Waals surface area contributed by atoms with E-state index < -0.39 is 0 Å². The maximum absolute atomic E-state index is 5.26. The Hall–Kier alpha value is -1.38. The molecule has 0 aliphatic heterocycles. The minimum absolute atomic E-state index is 0.534. The van der Waals surface area contributed by atoms with E-state index in [1.54, 1.807) is 0 Å². The van der Waals surface area contributed by atoms with Crippen molar-refractivity contribution in [3.63, 3.8) is 0 Å². The van der Waals surface area contributed by atoms with Crippen molar-refractivity contribution in [3.8, 4) is 24.7 Å². The lowest BCUT2D eigenvalue weighted by molar-refractivity contribution is 0.986. The first-order chi connectivity index (χ1) is 6.77. The van der Waals surface area contributed by atoms with Crippen molar-refractivity contribution in [2.24, 2.45) is 0 Å². The summed E-state index contributed by atoms with van der Waals surface area (Å²) >= 11 is 3.37. The first-order valence-corrected chi connectivity index (χ1v) is 4.94. The first kappa shape index (κ1) is 10.7. The molecule has 0 amide bonds. The van der Waals surface area contributed by atoms with E-state index in [-0.39, 0.29) is 0 Å². The summed E-state index contributed by atoms with van der Waals surface area (Å²) in [6.07, 6.45) is 10.5. The Morgan fingerprint density at radius 2 is 1.57 bits per heavy atom. The van der Waals surface area contributed by atoms with Gasteiger partial charge in [-0.3, -0.25) is 0 Å². The predicted octanol–water partition coefficient (Wildman–Crippen LogP) is 2.52. The molecular weight excluding hydrogens is 238 g/mol. The Labute approximate surface area is 93.2 Å². The van der Waals surface area contributed by atoms with E-state index in [2.05, 4.69) is 27.8 Å². The van der Waals surface area contributed by atoms with Gasteiger partial charge in [0.05, 0.1) is 13.1 Å². The van der Waals surface area contributed by atoms with Crippen LogP contribution in [0.5, 0.6) is 0 Å². The van der Waals surface area contributed by atoms with Crippen LogP contribution in [-0.4, -0.2) is 13.1 Å². The van der Waals surface area contributed by atoms with Crippen molar-refractivity contribution in [2.75, 3.05) is 18.0 Å². The molecule has 0 radical (unpaired) electrons. The van der Waals surface area contributed by atoms with Gasteiger partial charge in [0.15, 0.2) is 0 Å². The van der Waals surface area contributed by atoms with Gasteiger partial charge in [-0.05, 0) is 24.3 Å². The zero-order valence-corrected chi connectivity index (χ0v) is 9.29. The molecule has 0 aliphatic rings. The van der Waals surface area contributed by atoms with Crippen LogP contribution in [-0.2, 0) is 0 Å². The highest BCUT2D eigenvalue weighted by molar-refractivity contribution is 9.10. The zero-order valence-electron chi connectivity index (χ0n) is 7.70.